The lowest BCUT2D eigenvalue weighted by Crippen LogP contribution is -2.32. The van der Waals surface area contributed by atoms with Crippen molar-refractivity contribution in [3.63, 3.8) is 0 Å². The number of hydrogen-bond acceptors (Lipinski definition) is 5. The molecule has 0 heterocycles. The van der Waals surface area contributed by atoms with Gasteiger partial charge >= 0.3 is 17.9 Å². The van der Waals surface area contributed by atoms with Crippen LogP contribution in [-0.4, -0.2) is 45.8 Å². The largest absolute Gasteiger partial charge is 0.481 e. The predicted octanol–water partition coefficient (Wildman–Crippen LogP) is 1.73. The minimum absolute atomic E-state index is 0.132. The highest BCUT2D eigenvalue weighted by molar-refractivity contribution is 6.36. The topological polar surface area (TPSA) is 150 Å². The Morgan fingerprint density at radius 3 is 2.26 bits per heavy atom. The van der Waals surface area contributed by atoms with Crippen LogP contribution in [0.1, 0.15) is 30.1 Å². The molecule has 0 aliphatic heterocycles. The lowest BCUT2D eigenvalue weighted by molar-refractivity contribution is -0.144. The molecule has 0 aliphatic rings. The molecule has 0 unspecified atom stereocenters. The van der Waals surface area contributed by atoms with Crippen molar-refractivity contribution in [3.8, 4) is 0 Å². The number of anilines is 1. The van der Waals surface area contributed by atoms with Gasteiger partial charge in [-0.2, -0.15) is 0 Å². The summed E-state index contributed by atoms with van der Waals surface area (Å²) in [7, 11) is 0. The van der Waals surface area contributed by atoms with Crippen molar-refractivity contribution in [1.29, 1.82) is 0 Å². The quantitative estimate of drug-likeness (QED) is 0.501. The molecular weight excluding hydrogens is 328 g/mol. The fourth-order valence-corrected chi connectivity index (χ4v) is 1.64. The number of halogens is 1. The van der Waals surface area contributed by atoms with E-state index < -0.39 is 30.4 Å². The van der Waals surface area contributed by atoms with Crippen LogP contribution in [-0.2, 0) is 9.59 Å². The number of nitrogens with two attached hydrogens (primary N) is 1. The third kappa shape index (κ3) is 8.03. The number of aromatic carboxylic acids is 1. The second-order valence-corrected chi connectivity index (χ2v) is 4.82. The number of aliphatic carboxylic acids is 2. The van der Waals surface area contributed by atoms with Gasteiger partial charge in [-0.1, -0.05) is 24.6 Å². The Labute approximate surface area is 137 Å². The van der Waals surface area contributed by atoms with Crippen LogP contribution in [0.25, 0.3) is 0 Å². The molecule has 1 aromatic rings. The van der Waals surface area contributed by atoms with E-state index in [1.54, 1.807) is 12.1 Å². The van der Waals surface area contributed by atoms with E-state index in [1.165, 1.54) is 6.07 Å². The highest BCUT2D eigenvalue weighted by atomic mass is 35.5. The van der Waals surface area contributed by atoms with E-state index in [9.17, 15) is 14.4 Å². The smallest absolute Gasteiger partial charge is 0.337 e. The Bertz CT molecular complexity index is 564. The highest BCUT2D eigenvalue weighted by Crippen LogP contribution is 2.25. The van der Waals surface area contributed by atoms with Gasteiger partial charge in [-0.3, -0.25) is 9.59 Å². The lowest BCUT2D eigenvalue weighted by Gasteiger charge is -2.08. The summed E-state index contributed by atoms with van der Waals surface area (Å²) in [5.41, 5.74) is 5.64. The van der Waals surface area contributed by atoms with Gasteiger partial charge in [-0.05, 0) is 18.6 Å². The van der Waals surface area contributed by atoms with Crippen molar-refractivity contribution in [1.82, 2.24) is 0 Å². The monoisotopic (exact) mass is 346 g/mol. The molecule has 9 heteroatoms. The number of hydrogen-bond donors (Lipinski definition) is 5. The fraction of sp³-hybridized carbons (Fsp3) is 0.357. The number of benzene rings is 1. The Balaban J connectivity index is 0.000000468. The van der Waals surface area contributed by atoms with E-state index in [4.69, 9.17) is 32.7 Å². The molecule has 1 aromatic carbocycles. The van der Waals surface area contributed by atoms with Crippen LogP contribution in [0.15, 0.2) is 18.2 Å². The van der Waals surface area contributed by atoms with Gasteiger partial charge in [0.1, 0.15) is 6.04 Å². The van der Waals surface area contributed by atoms with Gasteiger partial charge in [0.2, 0.25) is 0 Å². The fourth-order valence-electron chi connectivity index (χ4n) is 1.37. The molecule has 0 aromatic heterocycles. The van der Waals surface area contributed by atoms with Crippen LogP contribution in [0.2, 0.25) is 5.02 Å². The molecule has 0 radical (unpaired) electrons. The van der Waals surface area contributed by atoms with Gasteiger partial charge in [0.05, 0.1) is 22.7 Å². The molecule has 1 rings (SSSR count). The first-order valence-electron chi connectivity index (χ1n) is 6.66. The predicted molar refractivity (Wildman–Crippen MR) is 85.1 cm³/mol. The summed E-state index contributed by atoms with van der Waals surface area (Å²) in [6.45, 7) is 2.81. The summed E-state index contributed by atoms with van der Waals surface area (Å²) in [5.74, 6) is -3.50. The summed E-state index contributed by atoms with van der Waals surface area (Å²) < 4.78 is 0. The highest BCUT2D eigenvalue weighted by Gasteiger charge is 2.14. The Kier molecular flexibility index (Phi) is 9.36. The summed E-state index contributed by atoms with van der Waals surface area (Å²) in [5, 5.41) is 28.2. The van der Waals surface area contributed by atoms with Gasteiger partial charge in [-0.15, -0.1) is 0 Å². The average Bonchev–Trinajstić information content (AvgIpc) is 2.45. The molecule has 8 nitrogen and oxygen atoms in total. The number of carboxylic acid groups (broad SMARTS) is 3. The zero-order chi connectivity index (χ0) is 18.0. The average molecular weight is 347 g/mol. The molecule has 0 spiro atoms. The van der Waals surface area contributed by atoms with Gasteiger partial charge in [0.25, 0.3) is 0 Å². The summed E-state index contributed by atoms with van der Waals surface area (Å²) in [6.07, 6.45) is 0.433. The summed E-state index contributed by atoms with van der Waals surface area (Å²) in [6, 6.07) is 3.64. The molecule has 6 N–H and O–H groups in total. The summed E-state index contributed by atoms with van der Waals surface area (Å²) >= 11 is 5.90. The molecule has 0 fully saturated rings. The molecule has 128 valence electrons. The maximum Gasteiger partial charge on any atom is 0.337 e. The van der Waals surface area contributed by atoms with E-state index >= 15 is 0 Å². The van der Waals surface area contributed by atoms with Gasteiger partial charge in [0.15, 0.2) is 0 Å². The third-order valence-electron chi connectivity index (χ3n) is 2.51. The van der Waals surface area contributed by atoms with Crippen molar-refractivity contribution in [3.05, 3.63) is 28.8 Å². The van der Waals surface area contributed by atoms with Crippen molar-refractivity contribution in [2.75, 3.05) is 11.9 Å². The van der Waals surface area contributed by atoms with Crippen molar-refractivity contribution in [2.45, 2.75) is 25.8 Å². The second-order valence-electron chi connectivity index (χ2n) is 4.44. The van der Waals surface area contributed by atoms with E-state index in [2.05, 4.69) is 5.32 Å². The second kappa shape index (κ2) is 10.4. The molecule has 0 aliphatic carbocycles. The first-order valence-corrected chi connectivity index (χ1v) is 7.04. The maximum atomic E-state index is 10.7. The van der Waals surface area contributed by atoms with E-state index in [1.807, 2.05) is 6.92 Å². The van der Waals surface area contributed by atoms with Crippen LogP contribution in [0.3, 0.4) is 0 Å². The standard InChI is InChI=1S/C10H12ClNO2.C4H7NO4/c1-2-6-12-8-5-3-4-7(9(8)11)10(13)14;5-2(4(8)9)1-3(6)7/h3-5,12H,2,6H2,1H3,(H,13,14);2H,1,5H2,(H,6,7)(H,8,9)/t;2-/m.1/s1. The van der Waals surface area contributed by atoms with Crippen LogP contribution in [0.4, 0.5) is 5.69 Å². The number of rotatable bonds is 7. The third-order valence-corrected chi connectivity index (χ3v) is 2.91. The van der Waals surface area contributed by atoms with Crippen LogP contribution < -0.4 is 11.1 Å². The first kappa shape index (κ1) is 20.7. The Morgan fingerprint density at radius 2 is 1.87 bits per heavy atom. The van der Waals surface area contributed by atoms with Crippen molar-refractivity contribution in [2.24, 2.45) is 5.73 Å². The molecular formula is C14H19ClN2O6. The van der Waals surface area contributed by atoms with E-state index in [0.717, 1.165) is 13.0 Å². The van der Waals surface area contributed by atoms with Crippen LogP contribution in [0, 0.1) is 0 Å². The lowest BCUT2D eigenvalue weighted by atomic mass is 10.2. The molecule has 23 heavy (non-hydrogen) atoms. The van der Waals surface area contributed by atoms with E-state index in [0.29, 0.717) is 5.69 Å². The number of nitrogens with one attached hydrogen (secondary N) is 1. The zero-order valence-corrected chi connectivity index (χ0v) is 13.2. The maximum absolute atomic E-state index is 10.7. The van der Waals surface area contributed by atoms with Gasteiger partial charge in [-0.25, -0.2) is 4.79 Å². The molecule has 0 amide bonds. The Morgan fingerprint density at radius 1 is 1.26 bits per heavy atom. The number of carboxylic acids is 3. The van der Waals surface area contributed by atoms with Gasteiger partial charge < -0.3 is 26.4 Å². The Hall–Kier alpha value is -2.32. The normalized spacial score (nSPS) is 10.9. The van der Waals surface area contributed by atoms with E-state index in [-0.39, 0.29) is 10.6 Å². The molecule has 0 saturated heterocycles. The number of carbonyl (C=O) groups is 3. The van der Waals surface area contributed by atoms with Crippen LogP contribution >= 0.6 is 11.6 Å². The van der Waals surface area contributed by atoms with Crippen molar-refractivity contribution >= 4 is 35.2 Å². The first-order chi connectivity index (χ1) is 10.7. The van der Waals surface area contributed by atoms with Gasteiger partial charge in [0, 0.05) is 6.54 Å². The molecule has 0 bridgehead atoms. The molecule has 0 saturated carbocycles. The van der Waals surface area contributed by atoms with Crippen LogP contribution in [0.5, 0.6) is 0 Å². The minimum Gasteiger partial charge on any atom is -0.481 e. The SMILES string of the molecule is CCCNc1cccc(C(=O)O)c1Cl.N[C@H](CC(=O)O)C(=O)O. The summed E-state index contributed by atoms with van der Waals surface area (Å²) in [4.78, 5) is 30.4. The molecule has 1 atom stereocenters. The zero-order valence-electron chi connectivity index (χ0n) is 12.5. The minimum atomic E-state index is -1.29. The van der Waals surface area contributed by atoms with Crippen molar-refractivity contribution < 1.29 is 29.7 Å².